The Morgan fingerprint density at radius 2 is 2.04 bits per heavy atom. The van der Waals surface area contributed by atoms with E-state index in [0.717, 1.165) is 11.1 Å². The summed E-state index contributed by atoms with van der Waals surface area (Å²) >= 11 is 6.12. The molecule has 1 atom stereocenters. The van der Waals surface area contributed by atoms with Crippen LogP contribution in [-0.4, -0.2) is 20.9 Å². The molecule has 0 fully saturated rings. The third kappa shape index (κ3) is 3.34. The van der Waals surface area contributed by atoms with Crippen molar-refractivity contribution in [2.75, 3.05) is 10.8 Å². The van der Waals surface area contributed by atoms with Crippen LogP contribution in [0.4, 0.5) is 5.69 Å². The third-order valence-corrected chi connectivity index (χ3v) is 6.65. The Balaban J connectivity index is 2.02. The highest BCUT2D eigenvalue weighted by Gasteiger charge is 2.33. The first-order valence-electron chi connectivity index (χ1n) is 8.15. The van der Waals surface area contributed by atoms with Crippen LogP contribution >= 0.6 is 11.6 Å². The third-order valence-electron chi connectivity index (χ3n) is 4.43. The Labute approximate surface area is 158 Å². The molecule has 0 bridgehead atoms. The Morgan fingerprint density at radius 3 is 2.73 bits per heavy atom. The average Bonchev–Trinajstić information content (AvgIpc) is 2.63. The highest BCUT2D eigenvalue weighted by Crippen LogP contribution is 2.37. The van der Waals surface area contributed by atoms with Gasteiger partial charge in [-0.15, -0.1) is 0 Å². The van der Waals surface area contributed by atoms with E-state index >= 15 is 0 Å². The lowest BCUT2D eigenvalue weighted by Crippen LogP contribution is -2.40. The van der Waals surface area contributed by atoms with Crippen molar-refractivity contribution in [2.24, 2.45) is 0 Å². The van der Waals surface area contributed by atoms with E-state index in [-0.39, 0.29) is 23.4 Å². The van der Waals surface area contributed by atoms with Crippen LogP contribution in [0.15, 0.2) is 60.0 Å². The molecule has 1 heterocycles. The van der Waals surface area contributed by atoms with Crippen LogP contribution < -0.4 is 9.62 Å². The summed E-state index contributed by atoms with van der Waals surface area (Å²) in [6.45, 7) is 5.54. The number of amides is 1. The van der Waals surface area contributed by atoms with E-state index in [9.17, 15) is 13.2 Å². The van der Waals surface area contributed by atoms with Crippen LogP contribution in [0.3, 0.4) is 0 Å². The predicted octanol–water partition coefficient (Wildman–Crippen LogP) is 3.59. The van der Waals surface area contributed by atoms with Gasteiger partial charge in [0.15, 0.2) is 0 Å². The first-order valence-corrected chi connectivity index (χ1v) is 9.97. The maximum absolute atomic E-state index is 13.2. The van der Waals surface area contributed by atoms with Crippen molar-refractivity contribution in [1.82, 2.24) is 5.32 Å². The summed E-state index contributed by atoms with van der Waals surface area (Å²) in [6.07, 6.45) is 1.68. The number of para-hydroxylation sites is 1. The predicted molar refractivity (Wildman–Crippen MR) is 103 cm³/mol. The number of sulfonamides is 1. The van der Waals surface area contributed by atoms with Crippen molar-refractivity contribution in [3.8, 4) is 0 Å². The van der Waals surface area contributed by atoms with E-state index in [1.54, 1.807) is 24.3 Å². The van der Waals surface area contributed by atoms with Gasteiger partial charge in [0.05, 0.1) is 16.6 Å². The van der Waals surface area contributed by atoms with Crippen molar-refractivity contribution in [3.63, 3.8) is 0 Å². The number of carbonyl (C=O) groups is 1. The zero-order valence-electron chi connectivity index (χ0n) is 14.3. The smallest absolute Gasteiger partial charge is 0.264 e. The number of nitrogens with zero attached hydrogens (tertiary/aromatic N) is 1. The van der Waals surface area contributed by atoms with Crippen molar-refractivity contribution in [2.45, 2.75) is 24.3 Å². The number of anilines is 1. The number of fused-ring (bicyclic) bond motifs is 1. The van der Waals surface area contributed by atoms with Gasteiger partial charge in [0.2, 0.25) is 5.91 Å². The molecule has 0 radical (unpaired) electrons. The van der Waals surface area contributed by atoms with E-state index < -0.39 is 10.0 Å². The fourth-order valence-corrected chi connectivity index (χ4v) is 4.80. The Hall–Kier alpha value is -2.31. The fraction of sp³-hybridized carbons (Fsp3) is 0.211. The number of rotatable bonds is 4. The van der Waals surface area contributed by atoms with Gasteiger partial charge in [0.1, 0.15) is 0 Å². The number of halogens is 1. The Bertz CT molecular complexity index is 972. The number of benzene rings is 2. The Morgan fingerprint density at radius 1 is 1.31 bits per heavy atom. The zero-order valence-corrected chi connectivity index (χ0v) is 15.8. The minimum Gasteiger partial charge on any atom is -0.346 e. The number of aryl methyl sites for hydroxylation is 1. The van der Waals surface area contributed by atoms with Gasteiger partial charge >= 0.3 is 0 Å². The van der Waals surface area contributed by atoms with Crippen LogP contribution in [0.5, 0.6) is 0 Å². The van der Waals surface area contributed by atoms with Crippen molar-refractivity contribution in [1.29, 1.82) is 0 Å². The lowest BCUT2D eigenvalue weighted by molar-refractivity contribution is -0.117. The molecule has 5 nitrogen and oxygen atoms in total. The number of hydrogen-bond donors (Lipinski definition) is 1. The van der Waals surface area contributed by atoms with Crippen LogP contribution in [0.2, 0.25) is 5.02 Å². The van der Waals surface area contributed by atoms with Crippen molar-refractivity contribution < 1.29 is 13.2 Å². The summed E-state index contributed by atoms with van der Waals surface area (Å²) in [6, 6.07) is 11.6. The van der Waals surface area contributed by atoms with Crippen LogP contribution in [0.1, 0.15) is 23.6 Å². The molecule has 26 heavy (non-hydrogen) atoms. The number of nitrogens with one attached hydrogen (secondary N) is 1. The maximum atomic E-state index is 13.2. The second kappa shape index (κ2) is 7.13. The summed E-state index contributed by atoms with van der Waals surface area (Å²) in [4.78, 5) is 11.8. The lowest BCUT2D eigenvalue weighted by Gasteiger charge is -2.35. The lowest BCUT2D eigenvalue weighted by atomic mass is 9.98. The van der Waals surface area contributed by atoms with Gasteiger partial charge < -0.3 is 5.32 Å². The molecule has 0 saturated heterocycles. The molecule has 2 aromatic rings. The van der Waals surface area contributed by atoms with Gasteiger partial charge in [-0.1, -0.05) is 42.4 Å². The first-order chi connectivity index (χ1) is 12.3. The standard InChI is InChI=1S/C19H19ClN2O3S/c1-3-19(23)21-17-10-11-22(18-7-5-4-6-15(17)18)26(24,25)14-9-8-13(2)16(20)12-14/h3-9,12,17H,1,10-11H2,2H3,(H,21,23). The molecular formula is C19H19ClN2O3S. The summed E-state index contributed by atoms with van der Waals surface area (Å²) in [5.41, 5.74) is 2.14. The topological polar surface area (TPSA) is 66.5 Å². The fourth-order valence-electron chi connectivity index (χ4n) is 3.02. The molecule has 1 aliphatic rings. The maximum Gasteiger partial charge on any atom is 0.264 e. The summed E-state index contributed by atoms with van der Waals surface area (Å²) in [7, 11) is -3.76. The van der Waals surface area contributed by atoms with Crippen LogP contribution in [0.25, 0.3) is 0 Å². The summed E-state index contributed by atoms with van der Waals surface area (Å²) in [5.74, 6) is -0.286. The van der Waals surface area contributed by atoms with Crippen molar-refractivity contribution >= 4 is 33.2 Å². The first kappa shape index (κ1) is 18.5. The second-order valence-corrected chi connectivity index (χ2v) is 8.37. The van der Waals surface area contributed by atoms with Gasteiger partial charge in [-0.05, 0) is 48.7 Å². The molecule has 3 rings (SSSR count). The summed E-state index contributed by atoms with van der Waals surface area (Å²) < 4.78 is 27.7. The molecule has 0 saturated carbocycles. The van der Waals surface area contributed by atoms with Gasteiger partial charge in [-0.25, -0.2) is 8.42 Å². The molecule has 7 heteroatoms. The molecule has 1 aliphatic heterocycles. The molecular weight excluding hydrogens is 372 g/mol. The van der Waals surface area contributed by atoms with Gasteiger partial charge in [-0.2, -0.15) is 0 Å². The largest absolute Gasteiger partial charge is 0.346 e. The SMILES string of the molecule is C=CC(=O)NC1CCN(S(=O)(=O)c2ccc(C)c(Cl)c2)c2ccccc21. The Kier molecular flexibility index (Phi) is 5.07. The van der Waals surface area contributed by atoms with E-state index in [4.69, 9.17) is 11.6 Å². The van der Waals surface area contributed by atoms with Gasteiger partial charge in [0, 0.05) is 11.6 Å². The normalized spacial score (nSPS) is 16.7. The van der Waals surface area contributed by atoms with Gasteiger partial charge in [0.25, 0.3) is 10.0 Å². The molecule has 0 aromatic heterocycles. The second-order valence-electron chi connectivity index (χ2n) is 6.10. The van der Waals surface area contributed by atoms with E-state index in [0.29, 0.717) is 17.1 Å². The molecule has 1 unspecified atom stereocenters. The highest BCUT2D eigenvalue weighted by molar-refractivity contribution is 7.92. The molecule has 136 valence electrons. The number of carbonyl (C=O) groups excluding carboxylic acids is 1. The monoisotopic (exact) mass is 390 g/mol. The van der Waals surface area contributed by atoms with E-state index in [1.165, 1.54) is 16.4 Å². The van der Waals surface area contributed by atoms with Crippen molar-refractivity contribution in [3.05, 3.63) is 71.3 Å². The average molecular weight is 391 g/mol. The van der Waals surface area contributed by atoms with Gasteiger partial charge in [-0.3, -0.25) is 9.10 Å². The molecule has 1 amide bonds. The minimum absolute atomic E-state index is 0.150. The van der Waals surface area contributed by atoms with Crippen LogP contribution in [-0.2, 0) is 14.8 Å². The van der Waals surface area contributed by atoms with E-state index in [2.05, 4.69) is 11.9 Å². The molecule has 0 spiro atoms. The highest BCUT2D eigenvalue weighted by atomic mass is 35.5. The molecule has 2 aromatic carbocycles. The molecule has 0 aliphatic carbocycles. The van der Waals surface area contributed by atoms with E-state index in [1.807, 2.05) is 19.1 Å². The number of hydrogen-bond acceptors (Lipinski definition) is 3. The minimum atomic E-state index is -3.76. The summed E-state index contributed by atoms with van der Waals surface area (Å²) in [5, 5.41) is 3.26. The van der Waals surface area contributed by atoms with Crippen LogP contribution in [0, 0.1) is 6.92 Å². The molecule has 1 N–H and O–H groups in total. The zero-order chi connectivity index (χ0) is 18.9. The quantitative estimate of drug-likeness (QED) is 0.811.